The van der Waals surface area contributed by atoms with E-state index >= 15 is 0 Å². The van der Waals surface area contributed by atoms with Crippen LogP contribution in [0.2, 0.25) is 0 Å². The molecule has 0 aliphatic rings. The molecule has 0 bridgehead atoms. The fourth-order valence-electron chi connectivity index (χ4n) is 1.35. The molecule has 0 heterocycles. The Morgan fingerprint density at radius 1 is 1.43 bits per heavy atom. The zero-order valence-corrected chi connectivity index (χ0v) is 9.66. The molecule has 1 rings (SSSR count). The van der Waals surface area contributed by atoms with E-state index in [0.717, 1.165) is 0 Å². The van der Waals surface area contributed by atoms with E-state index in [9.17, 15) is 8.78 Å². The molecule has 78 valence electrons. The van der Waals surface area contributed by atoms with Crippen molar-refractivity contribution in [3.8, 4) is 0 Å². The highest BCUT2D eigenvalue weighted by molar-refractivity contribution is 9.10. The summed E-state index contributed by atoms with van der Waals surface area (Å²) in [4.78, 5) is 0. The van der Waals surface area contributed by atoms with Crippen molar-refractivity contribution in [2.75, 3.05) is 6.54 Å². The van der Waals surface area contributed by atoms with Crippen molar-refractivity contribution in [3.63, 3.8) is 0 Å². The molecule has 1 aromatic carbocycles. The third-order valence-corrected chi connectivity index (χ3v) is 2.64. The monoisotopic (exact) mass is 263 g/mol. The molecule has 0 fully saturated rings. The summed E-state index contributed by atoms with van der Waals surface area (Å²) in [5.41, 5.74) is 0.0845. The molecule has 0 radical (unpaired) electrons. The first kappa shape index (κ1) is 11.6. The van der Waals surface area contributed by atoms with Gasteiger partial charge < -0.3 is 5.32 Å². The summed E-state index contributed by atoms with van der Waals surface area (Å²) in [5, 5.41) is 2.97. The molecule has 14 heavy (non-hydrogen) atoms. The van der Waals surface area contributed by atoms with Crippen LogP contribution in [0.15, 0.2) is 16.6 Å². The number of hydrogen-bond acceptors (Lipinski definition) is 1. The van der Waals surface area contributed by atoms with Crippen LogP contribution in [-0.2, 0) is 0 Å². The lowest BCUT2D eigenvalue weighted by molar-refractivity contribution is 0.493. The van der Waals surface area contributed by atoms with Gasteiger partial charge in [-0.2, -0.15) is 0 Å². The van der Waals surface area contributed by atoms with Crippen molar-refractivity contribution in [1.82, 2.24) is 5.32 Å². The van der Waals surface area contributed by atoms with Gasteiger partial charge in [-0.15, -0.1) is 0 Å². The van der Waals surface area contributed by atoms with Crippen LogP contribution in [0.4, 0.5) is 8.78 Å². The first-order valence-electron chi connectivity index (χ1n) is 4.44. The highest BCUT2D eigenvalue weighted by Crippen LogP contribution is 2.26. The molecule has 1 N–H and O–H groups in total. The van der Waals surface area contributed by atoms with Gasteiger partial charge in [0.25, 0.3) is 0 Å². The molecule has 0 amide bonds. The summed E-state index contributed by atoms with van der Waals surface area (Å²) in [7, 11) is 0. The van der Waals surface area contributed by atoms with Crippen molar-refractivity contribution >= 4 is 15.9 Å². The summed E-state index contributed by atoms with van der Waals surface area (Å²) in [6.07, 6.45) is 0. The molecular formula is C10H12BrF2N. The van der Waals surface area contributed by atoms with E-state index in [1.807, 2.05) is 6.92 Å². The summed E-state index contributed by atoms with van der Waals surface area (Å²) in [6, 6.07) is 2.31. The molecular weight excluding hydrogens is 252 g/mol. The van der Waals surface area contributed by atoms with Crippen LogP contribution in [0.5, 0.6) is 0 Å². The second kappa shape index (κ2) is 4.84. The molecule has 1 atom stereocenters. The molecule has 4 heteroatoms. The molecule has 1 aromatic rings. The number of halogens is 3. The van der Waals surface area contributed by atoms with Crippen LogP contribution in [0.25, 0.3) is 0 Å². The molecule has 0 spiro atoms. The summed E-state index contributed by atoms with van der Waals surface area (Å²) in [5.74, 6) is -1.04. The van der Waals surface area contributed by atoms with E-state index in [-0.39, 0.29) is 11.6 Å². The Balaban J connectivity index is 3.11. The minimum absolute atomic E-state index is 0.0845. The van der Waals surface area contributed by atoms with Gasteiger partial charge in [0.05, 0.1) is 4.47 Å². The van der Waals surface area contributed by atoms with E-state index < -0.39 is 11.6 Å². The molecule has 0 saturated carbocycles. The van der Waals surface area contributed by atoms with Crippen molar-refractivity contribution < 1.29 is 8.78 Å². The largest absolute Gasteiger partial charge is 0.310 e. The SMILES string of the molecule is CCNC(C)c1c(F)ccc(Br)c1F. The first-order chi connectivity index (χ1) is 6.57. The van der Waals surface area contributed by atoms with Gasteiger partial charge in [0.15, 0.2) is 0 Å². The normalized spacial score (nSPS) is 12.9. The van der Waals surface area contributed by atoms with Crippen molar-refractivity contribution in [3.05, 3.63) is 33.8 Å². The Labute approximate surface area is 90.6 Å². The van der Waals surface area contributed by atoms with E-state index in [1.54, 1.807) is 6.92 Å². The van der Waals surface area contributed by atoms with Gasteiger partial charge in [0, 0.05) is 11.6 Å². The highest BCUT2D eigenvalue weighted by atomic mass is 79.9. The zero-order chi connectivity index (χ0) is 10.7. The number of nitrogens with one attached hydrogen (secondary N) is 1. The lowest BCUT2D eigenvalue weighted by Crippen LogP contribution is -2.20. The first-order valence-corrected chi connectivity index (χ1v) is 5.24. The van der Waals surface area contributed by atoms with Crippen LogP contribution < -0.4 is 5.32 Å². The second-order valence-corrected chi connectivity index (χ2v) is 3.89. The van der Waals surface area contributed by atoms with Crippen LogP contribution in [0, 0.1) is 11.6 Å². The lowest BCUT2D eigenvalue weighted by atomic mass is 10.1. The van der Waals surface area contributed by atoms with Gasteiger partial charge in [-0.3, -0.25) is 0 Å². The Morgan fingerprint density at radius 2 is 2.07 bits per heavy atom. The predicted octanol–water partition coefficient (Wildman–Crippen LogP) is 3.40. The average molecular weight is 264 g/mol. The van der Waals surface area contributed by atoms with Crippen molar-refractivity contribution in [2.45, 2.75) is 19.9 Å². The smallest absolute Gasteiger partial charge is 0.145 e. The molecule has 1 unspecified atom stereocenters. The maximum Gasteiger partial charge on any atom is 0.145 e. The maximum absolute atomic E-state index is 13.5. The Morgan fingerprint density at radius 3 is 2.64 bits per heavy atom. The van der Waals surface area contributed by atoms with E-state index in [1.165, 1.54) is 12.1 Å². The molecule has 0 saturated heterocycles. The highest BCUT2D eigenvalue weighted by Gasteiger charge is 2.17. The average Bonchev–Trinajstić information content (AvgIpc) is 2.13. The van der Waals surface area contributed by atoms with Gasteiger partial charge in [0.1, 0.15) is 11.6 Å². The standard InChI is InChI=1S/C10H12BrF2N/c1-3-14-6(2)9-8(12)5-4-7(11)10(9)13/h4-6,14H,3H2,1-2H3. The lowest BCUT2D eigenvalue weighted by Gasteiger charge is -2.15. The molecule has 0 aliphatic heterocycles. The number of rotatable bonds is 3. The molecule has 0 aromatic heterocycles. The fraction of sp³-hybridized carbons (Fsp3) is 0.400. The van der Waals surface area contributed by atoms with Gasteiger partial charge in [-0.05, 0) is 41.5 Å². The number of hydrogen-bond donors (Lipinski definition) is 1. The maximum atomic E-state index is 13.5. The van der Waals surface area contributed by atoms with Gasteiger partial charge in [0.2, 0.25) is 0 Å². The van der Waals surface area contributed by atoms with Crippen LogP contribution in [-0.4, -0.2) is 6.54 Å². The zero-order valence-electron chi connectivity index (χ0n) is 8.07. The van der Waals surface area contributed by atoms with E-state index in [0.29, 0.717) is 11.0 Å². The Bertz CT molecular complexity index is 328. The fourth-order valence-corrected chi connectivity index (χ4v) is 1.69. The molecule has 1 nitrogen and oxygen atoms in total. The summed E-state index contributed by atoms with van der Waals surface area (Å²) in [6.45, 7) is 4.30. The Hall–Kier alpha value is -0.480. The third-order valence-electron chi connectivity index (χ3n) is 2.02. The van der Waals surface area contributed by atoms with Gasteiger partial charge >= 0.3 is 0 Å². The number of benzene rings is 1. The predicted molar refractivity (Wildman–Crippen MR) is 56.1 cm³/mol. The van der Waals surface area contributed by atoms with Crippen molar-refractivity contribution in [2.24, 2.45) is 0 Å². The summed E-state index contributed by atoms with van der Waals surface area (Å²) < 4.78 is 27.1. The van der Waals surface area contributed by atoms with Crippen LogP contribution in [0.3, 0.4) is 0 Å². The van der Waals surface area contributed by atoms with Crippen molar-refractivity contribution in [1.29, 1.82) is 0 Å². The van der Waals surface area contributed by atoms with Crippen LogP contribution in [0.1, 0.15) is 25.5 Å². The second-order valence-electron chi connectivity index (χ2n) is 3.04. The molecule has 0 aliphatic carbocycles. The van der Waals surface area contributed by atoms with E-state index in [2.05, 4.69) is 21.2 Å². The third kappa shape index (κ3) is 2.30. The topological polar surface area (TPSA) is 12.0 Å². The minimum atomic E-state index is -0.529. The quantitative estimate of drug-likeness (QED) is 0.825. The van der Waals surface area contributed by atoms with Crippen LogP contribution >= 0.6 is 15.9 Å². The van der Waals surface area contributed by atoms with E-state index in [4.69, 9.17) is 0 Å². The summed E-state index contributed by atoms with van der Waals surface area (Å²) >= 11 is 3.03. The minimum Gasteiger partial charge on any atom is -0.310 e. The Kier molecular flexibility index (Phi) is 4.01. The van der Waals surface area contributed by atoms with Gasteiger partial charge in [-0.25, -0.2) is 8.78 Å². The van der Waals surface area contributed by atoms with Gasteiger partial charge in [-0.1, -0.05) is 6.92 Å².